The van der Waals surface area contributed by atoms with Gasteiger partial charge in [-0.15, -0.1) is 11.3 Å². The zero-order valence-corrected chi connectivity index (χ0v) is 13.5. The normalized spacial score (nSPS) is 11.9. The quantitative estimate of drug-likeness (QED) is 0.822. The summed E-state index contributed by atoms with van der Waals surface area (Å²) in [7, 11) is 0. The summed E-state index contributed by atoms with van der Waals surface area (Å²) in [5.41, 5.74) is 1.52. The standard InChI is InChI=1S/C15H14BrNO3S/c16-13-8-11(9-21-13)14(18)17-12(15(19)20)7-6-10-4-2-1-3-5-10/h1-5,8-9,12H,6-7H2,(H,17,18)(H,19,20)/t12-/m0/s1. The van der Waals surface area contributed by atoms with Crippen molar-refractivity contribution in [3.8, 4) is 0 Å². The second-order valence-corrected chi connectivity index (χ2v) is 6.82. The largest absolute Gasteiger partial charge is 0.480 e. The van der Waals surface area contributed by atoms with Gasteiger partial charge in [-0.2, -0.15) is 0 Å². The smallest absolute Gasteiger partial charge is 0.326 e. The van der Waals surface area contributed by atoms with E-state index in [2.05, 4.69) is 21.2 Å². The summed E-state index contributed by atoms with van der Waals surface area (Å²) in [5, 5.41) is 13.5. The van der Waals surface area contributed by atoms with E-state index in [1.54, 1.807) is 11.4 Å². The van der Waals surface area contributed by atoms with Gasteiger partial charge in [0.1, 0.15) is 6.04 Å². The maximum absolute atomic E-state index is 12.0. The van der Waals surface area contributed by atoms with Crippen LogP contribution in [0.4, 0.5) is 0 Å². The van der Waals surface area contributed by atoms with Crippen LogP contribution in [0.5, 0.6) is 0 Å². The van der Waals surface area contributed by atoms with Gasteiger partial charge in [-0.1, -0.05) is 30.3 Å². The number of hydrogen-bond acceptors (Lipinski definition) is 3. The molecule has 110 valence electrons. The maximum Gasteiger partial charge on any atom is 0.326 e. The number of carboxylic acid groups (broad SMARTS) is 1. The number of halogens is 1. The van der Waals surface area contributed by atoms with Crippen LogP contribution in [0.1, 0.15) is 22.3 Å². The summed E-state index contributed by atoms with van der Waals surface area (Å²) >= 11 is 4.67. The lowest BCUT2D eigenvalue weighted by molar-refractivity contribution is -0.139. The first-order valence-corrected chi connectivity index (χ1v) is 8.05. The Kier molecular flexibility index (Phi) is 5.52. The van der Waals surface area contributed by atoms with Crippen molar-refractivity contribution in [1.82, 2.24) is 5.32 Å². The van der Waals surface area contributed by atoms with Crippen molar-refractivity contribution >= 4 is 39.1 Å². The zero-order chi connectivity index (χ0) is 15.2. The Balaban J connectivity index is 1.96. The van der Waals surface area contributed by atoms with Gasteiger partial charge in [0, 0.05) is 5.38 Å². The SMILES string of the molecule is O=C(N[C@@H](CCc1ccccc1)C(=O)O)c1csc(Br)c1. The number of amides is 1. The van der Waals surface area contributed by atoms with E-state index in [1.807, 2.05) is 30.3 Å². The Hall–Kier alpha value is -1.66. The summed E-state index contributed by atoms with van der Waals surface area (Å²) in [6.07, 6.45) is 0.960. The molecular formula is C15H14BrNO3S. The van der Waals surface area contributed by atoms with Crippen LogP contribution in [0, 0.1) is 0 Å². The number of hydrogen-bond donors (Lipinski definition) is 2. The van der Waals surface area contributed by atoms with Gasteiger partial charge in [0.2, 0.25) is 0 Å². The van der Waals surface area contributed by atoms with Crippen LogP contribution in [0.25, 0.3) is 0 Å². The summed E-state index contributed by atoms with van der Waals surface area (Å²) in [5.74, 6) is -1.38. The topological polar surface area (TPSA) is 66.4 Å². The molecule has 21 heavy (non-hydrogen) atoms. The molecule has 0 saturated heterocycles. The highest BCUT2D eigenvalue weighted by molar-refractivity contribution is 9.11. The van der Waals surface area contributed by atoms with Gasteiger partial charge in [0.25, 0.3) is 5.91 Å². The van der Waals surface area contributed by atoms with E-state index < -0.39 is 12.0 Å². The number of carbonyl (C=O) groups is 2. The molecular weight excluding hydrogens is 354 g/mol. The van der Waals surface area contributed by atoms with E-state index >= 15 is 0 Å². The van der Waals surface area contributed by atoms with E-state index in [4.69, 9.17) is 0 Å². The van der Waals surface area contributed by atoms with E-state index in [0.29, 0.717) is 18.4 Å². The van der Waals surface area contributed by atoms with Gasteiger partial charge in [0.05, 0.1) is 9.35 Å². The lowest BCUT2D eigenvalue weighted by atomic mass is 10.1. The molecule has 0 aliphatic rings. The first kappa shape index (κ1) is 15.7. The number of aliphatic carboxylic acids is 1. The number of rotatable bonds is 6. The summed E-state index contributed by atoms with van der Waals surface area (Å²) < 4.78 is 0.837. The second-order valence-electron chi connectivity index (χ2n) is 4.53. The fourth-order valence-electron chi connectivity index (χ4n) is 1.88. The van der Waals surface area contributed by atoms with Crippen molar-refractivity contribution in [3.63, 3.8) is 0 Å². The second kappa shape index (κ2) is 7.38. The number of carboxylic acids is 1. The highest BCUT2D eigenvalue weighted by Crippen LogP contribution is 2.20. The highest BCUT2D eigenvalue weighted by Gasteiger charge is 2.21. The van der Waals surface area contributed by atoms with E-state index in [-0.39, 0.29) is 5.91 Å². The predicted molar refractivity (Wildman–Crippen MR) is 85.7 cm³/mol. The maximum atomic E-state index is 12.0. The van der Waals surface area contributed by atoms with E-state index in [9.17, 15) is 14.7 Å². The molecule has 1 amide bonds. The first-order chi connectivity index (χ1) is 10.1. The number of carbonyl (C=O) groups excluding carboxylic acids is 1. The third kappa shape index (κ3) is 4.68. The van der Waals surface area contributed by atoms with Gasteiger partial charge in [-0.25, -0.2) is 4.79 Å². The fraction of sp³-hybridized carbons (Fsp3) is 0.200. The zero-order valence-electron chi connectivity index (χ0n) is 11.1. The number of aryl methyl sites for hydroxylation is 1. The Morgan fingerprint density at radius 2 is 2.00 bits per heavy atom. The Labute approximate surface area is 134 Å². The molecule has 4 nitrogen and oxygen atoms in total. The van der Waals surface area contributed by atoms with Gasteiger partial charge >= 0.3 is 5.97 Å². The summed E-state index contributed by atoms with van der Waals surface area (Å²) in [6.45, 7) is 0. The van der Waals surface area contributed by atoms with Gasteiger partial charge in [-0.05, 0) is 40.4 Å². The molecule has 0 aliphatic carbocycles. The Morgan fingerprint density at radius 3 is 2.57 bits per heavy atom. The molecule has 2 N–H and O–H groups in total. The molecule has 0 unspecified atom stereocenters. The molecule has 0 aliphatic heterocycles. The van der Waals surface area contributed by atoms with Crippen LogP contribution in [0.3, 0.4) is 0 Å². The number of benzene rings is 1. The average Bonchev–Trinajstić information content (AvgIpc) is 2.90. The lowest BCUT2D eigenvalue weighted by Crippen LogP contribution is -2.41. The van der Waals surface area contributed by atoms with Crippen molar-refractivity contribution in [2.75, 3.05) is 0 Å². The Morgan fingerprint density at radius 1 is 1.29 bits per heavy atom. The van der Waals surface area contributed by atoms with Crippen LogP contribution in [-0.2, 0) is 11.2 Å². The molecule has 1 aromatic heterocycles. The molecule has 0 saturated carbocycles. The molecule has 0 spiro atoms. The third-order valence-electron chi connectivity index (χ3n) is 3.00. The minimum Gasteiger partial charge on any atom is -0.480 e. The molecule has 1 atom stereocenters. The number of nitrogens with one attached hydrogen (secondary N) is 1. The minimum atomic E-state index is -1.02. The molecule has 6 heteroatoms. The minimum absolute atomic E-state index is 0.358. The Bertz CT molecular complexity index is 627. The van der Waals surface area contributed by atoms with Crippen molar-refractivity contribution < 1.29 is 14.7 Å². The lowest BCUT2D eigenvalue weighted by Gasteiger charge is -2.14. The first-order valence-electron chi connectivity index (χ1n) is 6.38. The molecule has 2 rings (SSSR count). The molecule has 0 radical (unpaired) electrons. The van der Waals surface area contributed by atoms with Crippen LogP contribution < -0.4 is 5.32 Å². The van der Waals surface area contributed by atoms with Crippen LogP contribution in [0.15, 0.2) is 45.6 Å². The van der Waals surface area contributed by atoms with E-state index in [1.165, 1.54) is 11.3 Å². The monoisotopic (exact) mass is 367 g/mol. The molecule has 1 heterocycles. The number of thiophene rings is 1. The molecule has 0 bridgehead atoms. The fourth-order valence-corrected chi connectivity index (χ4v) is 3.02. The molecule has 1 aromatic carbocycles. The van der Waals surface area contributed by atoms with Crippen molar-refractivity contribution in [2.45, 2.75) is 18.9 Å². The summed E-state index contributed by atoms with van der Waals surface area (Å²) in [6, 6.07) is 10.4. The predicted octanol–water partition coefficient (Wildman–Crippen LogP) is 3.33. The van der Waals surface area contributed by atoms with Gasteiger partial charge < -0.3 is 10.4 Å². The van der Waals surface area contributed by atoms with Crippen molar-refractivity contribution in [1.29, 1.82) is 0 Å². The van der Waals surface area contributed by atoms with Crippen molar-refractivity contribution in [2.24, 2.45) is 0 Å². The highest BCUT2D eigenvalue weighted by atomic mass is 79.9. The van der Waals surface area contributed by atoms with Gasteiger partial charge in [-0.3, -0.25) is 4.79 Å². The summed E-state index contributed by atoms with van der Waals surface area (Å²) in [4.78, 5) is 23.3. The third-order valence-corrected chi connectivity index (χ3v) is 4.50. The molecule has 0 fully saturated rings. The van der Waals surface area contributed by atoms with E-state index in [0.717, 1.165) is 9.35 Å². The van der Waals surface area contributed by atoms with Crippen LogP contribution >= 0.6 is 27.3 Å². The van der Waals surface area contributed by atoms with Crippen LogP contribution in [-0.4, -0.2) is 23.0 Å². The average molecular weight is 368 g/mol. The molecule has 2 aromatic rings. The van der Waals surface area contributed by atoms with Gasteiger partial charge in [0.15, 0.2) is 0 Å². The van der Waals surface area contributed by atoms with Crippen molar-refractivity contribution in [3.05, 3.63) is 56.7 Å². The van der Waals surface area contributed by atoms with Crippen LogP contribution in [0.2, 0.25) is 0 Å².